The molecule has 0 saturated carbocycles. The number of benzene rings is 5. The smallest absolute Gasteiger partial charge is 0.0251 e. The molecule has 1 heteroatoms. The Kier molecular flexibility index (Phi) is 4.22. The Morgan fingerprint density at radius 1 is 0.545 bits per heavy atom. The van der Waals surface area contributed by atoms with E-state index in [1.807, 2.05) is 0 Å². The summed E-state index contributed by atoms with van der Waals surface area (Å²) in [7, 11) is 0. The zero-order valence-corrected chi connectivity index (χ0v) is 19.7. The second-order valence-corrected chi connectivity index (χ2v) is 9.74. The van der Waals surface area contributed by atoms with Crippen molar-refractivity contribution in [2.75, 3.05) is 0 Å². The molecule has 0 aromatic heterocycles. The number of halogens is 1. The molecule has 5 aromatic rings. The van der Waals surface area contributed by atoms with Crippen molar-refractivity contribution in [2.24, 2.45) is 0 Å². The molecule has 0 saturated heterocycles. The largest absolute Gasteiger partial charge is 0.0752 e. The molecule has 0 bridgehead atoms. The van der Waals surface area contributed by atoms with Crippen LogP contribution in [0.1, 0.15) is 18.4 Å². The third-order valence-corrected chi connectivity index (χ3v) is 7.84. The lowest BCUT2D eigenvalue weighted by Crippen LogP contribution is -2.30. The first-order valence-electron chi connectivity index (χ1n) is 11.5. The third kappa shape index (κ3) is 2.69. The third-order valence-electron chi connectivity index (χ3n) is 7.15. The van der Waals surface area contributed by atoms with E-state index >= 15 is 0 Å². The van der Waals surface area contributed by atoms with Crippen molar-refractivity contribution in [3.05, 3.63) is 118 Å². The molecule has 0 heterocycles. The molecule has 2 aliphatic carbocycles. The van der Waals surface area contributed by atoms with Gasteiger partial charge < -0.3 is 0 Å². The van der Waals surface area contributed by atoms with Gasteiger partial charge in [-0.25, -0.2) is 0 Å². The molecule has 33 heavy (non-hydrogen) atoms. The van der Waals surface area contributed by atoms with Crippen LogP contribution in [-0.4, -0.2) is 0 Å². The normalized spacial score (nSPS) is 13.5. The van der Waals surface area contributed by atoms with Crippen molar-refractivity contribution in [1.82, 2.24) is 0 Å². The Hall–Kier alpha value is -3.42. The topological polar surface area (TPSA) is 0 Å². The highest BCUT2D eigenvalue weighted by Crippen LogP contribution is 2.51. The molecule has 0 atom stereocenters. The number of fused-ring (bicyclic) bond motifs is 4. The van der Waals surface area contributed by atoms with Crippen LogP contribution in [0.3, 0.4) is 0 Å². The highest BCUT2D eigenvalue weighted by Gasteiger charge is 2.30. The van der Waals surface area contributed by atoms with Gasteiger partial charge in [-0.1, -0.05) is 113 Å². The predicted molar refractivity (Wildman–Crippen MR) is 143 cm³/mol. The molecular weight excluding hydrogens is 464 g/mol. The Labute approximate surface area is 201 Å². The van der Waals surface area contributed by atoms with Gasteiger partial charge in [-0.05, 0) is 84.6 Å². The molecule has 0 radical (unpaired) electrons. The second-order valence-electron chi connectivity index (χ2n) is 8.88. The maximum Gasteiger partial charge on any atom is 0.0251 e. The summed E-state index contributed by atoms with van der Waals surface area (Å²) in [6.45, 7) is 0. The van der Waals surface area contributed by atoms with Crippen LogP contribution in [0.15, 0.2) is 102 Å². The Morgan fingerprint density at radius 3 is 1.76 bits per heavy atom. The van der Waals surface area contributed by atoms with Gasteiger partial charge in [-0.2, -0.15) is 0 Å². The molecule has 0 N–H and O–H groups in total. The van der Waals surface area contributed by atoms with Crippen molar-refractivity contribution in [3.63, 3.8) is 0 Å². The van der Waals surface area contributed by atoms with Gasteiger partial charge in [-0.15, -0.1) is 0 Å². The molecule has 2 aliphatic rings. The minimum atomic E-state index is 1.07. The van der Waals surface area contributed by atoms with Gasteiger partial charge >= 0.3 is 0 Å². The van der Waals surface area contributed by atoms with Crippen LogP contribution in [0.5, 0.6) is 0 Å². The summed E-state index contributed by atoms with van der Waals surface area (Å²) in [4.78, 5) is 0. The van der Waals surface area contributed by atoms with Crippen LogP contribution in [0.25, 0.3) is 55.8 Å². The lowest BCUT2D eigenvalue weighted by molar-refractivity contribution is 1.08. The molecule has 5 aromatic carbocycles. The zero-order chi connectivity index (χ0) is 21.9. The lowest BCUT2D eigenvalue weighted by Gasteiger charge is -2.21. The van der Waals surface area contributed by atoms with E-state index in [9.17, 15) is 0 Å². The Bertz CT molecular complexity index is 1690. The Morgan fingerprint density at radius 2 is 1.12 bits per heavy atom. The van der Waals surface area contributed by atoms with E-state index < -0.39 is 0 Å². The summed E-state index contributed by atoms with van der Waals surface area (Å²) in [5, 5.41) is 5.43. The second kappa shape index (κ2) is 7.30. The average Bonchev–Trinajstić information content (AvgIpc) is 3.21. The summed E-state index contributed by atoms with van der Waals surface area (Å²) in [6, 6.07) is 35.4. The minimum absolute atomic E-state index is 1.07. The van der Waals surface area contributed by atoms with Gasteiger partial charge in [0.25, 0.3) is 0 Å². The molecule has 156 valence electrons. The van der Waals surface area contributed by atoms with Gasteiger partial charge in [0, 0.05) is 4.47 Å². The summed E-state index contributed by atoms with van der Waals surface area (Å²) >= 11 is 3.84. The van der Waals surface area contributed by atoms with Gasteiger partial charge in [0.2, 0.25) is 0 Å². The monoisotopic (exact) mass is 484 g/mol. The average molecular weight is 485 g/mol. The number of hydrogen-bond donors (Lipinski definition) is 0. The molecule has 0 fully saturated rings. The standard InChI is InChI=1S/C32H21Br/c33-27-19-18-26-30-24(27)16-9-17-25(30)31-28(20-10-3-1-4-11-20)22-14-7-8-15-23(22)29(32(26)31)21-12-5-2-6-13-21/h1-8,10-16,18-19H,9,17H2. The first-order chi connectivity index (χ1) is 16.3. The number of hydrogen-bond acceptors (Lipinski definition) is 0. The van der Waals surface area contributed by atoms with E-state index in [2.05, 4.69) is 119 Å². The maximum atomic E-state index is 3.84. The maximum absolute atomic E-state index is 3.84. The fourth-order valence-corrected chi connectivity index (χ4v) is 6.37. The van der Waals surface area contributed by atoms with Crippen molar-refractivity contribution in [3.8, 4) is 33.4 Å². The van der Waals surface area contributed by atoms with Gasteiger partial charge in [-0.3, -0.25) is 0 Å². The van der Waals surface area contributed by atoms with Gasteiger partial charge in [0.1, 0.15) is 0 Å². The van der Waals surface area contributed by atoms with Crippen LogP contribution in [0.2, 0.25) is 0 Å². The van der Waals surface area contributed by atoms with Crippen LogP contribution in [-0.2, 0) is 0 Å². The summed E-state index contributed by atoms with van der Waals surface area (Å²) in [6.07, 6.45) is 4.56. The first kappa shape index (κ1) is 19.1. The zero-order valence-electron chi connectivity index (χ0n) is 18.1. The van der Waals surface area contributed by atoms with Crippen molar-refractivity contribution in [1.29, 1.82) is 0 Å². The molecule has 0 spiro atoms. The summed E-state index contributed by atoms with van der Waals surface area (Å²) in [5.41, 5.74) is 11.0. The highest BCUT2D eigenvalue weighted by atomic mass is 79.9. The Balaban J connectivity index is 1.77. The first-order valence-corrected chi connectivity index (χ1v) is 12.3. The lowest BCUT2D eigenvalue weighted by atomic mass is 9.81. The molecule has 0 nitrogen and oxygen atoms in total. The molecule has 0 aliphatic heterocycles. The van der Waals surface area contributed by atoms with Crippen LogP contribution >= 0.6 is 15.9 Å². The summed E-state index contributed by atoms with van der Waals surface area (Å²) in [5.74, 6) is 0. The fraction of sp³-hybridized carbons (Fsp3) is 0.0625. The fourth-order valence-electron chi connectivity index (χ4n) is 5.88. The SMILES string of the molecule is Brc1ccc2c3c1=CCCC=3c1c-2c(-c2ccccc2)c2ccccc2c1-c1ccccc1. The van der Waals surface area contributed by atoms with Crippen LogP contribution in [0.4, 0.5) is 0 Å². The molecular formula is C32H21Br. The van der Waals surface area contributed by atoms with E-state index in [0.29, 0.717) is 0 Å². The van der Waals surface area contributed by atoms with E-state index in [4.69, 9.17) is 0 Å². The van der Waals surface area contributed by atoms with Gasteiger partial charge in [0.15, 0.2) is 0 Å². The van der Waals surface area contributed by atoms with E-state index in [-0.39, 0.29) is 0 Å². The number of rotatable bonds is 2. The van der Waals surface area contributed by atoms with Crippen molar-refractivity contribution in [2.45, 2.75) is 12.8 Å². The molecule has 0 unspecified atom stereocenters. The van der Waals surface area contributed by atoms with E-state index in [0.717, 1.165) is 12.8 Å². The highest BCUT2D eigenvalue weighted by molar-refractivity contribution is 9.10. The minimum Gasteiger partial charge on any atom is -0.0752 e. The van der Waals surface area contributed by atoms with E-state index in [1.54, 1.807) is 0 Å². The quantitative estimate of drug-likeness (QED) is 0.241. The molecule has 7 rings (SSSR count). The van der Waals surface area contributed by atoms with Gasteiger partial charge in [0.05, 0.1) is 0 Å². The van der Waals surface area contributed by atoms with Crippen molar-refractivity contribution < 1.29 is 0 Å². The van der Waals surface area contributed by atoms with E-state index in [1.165, 1.54) is 70.2 Å². The van der Waals surface area contributed by atoms with Crippen LogP contribution in [0, 0.1) is 0 Å². The van der Waals surface area contributed by atoms with Crippen molar-refractivity contribution >= 4 is 38.4 Å². The van der Waals surface area contributed by atoms with Crippen LogP contribution < -0.4 is 10.4 Å². The summed E-state index contributed by atoms with van der Waals surface area (Å²) < 4.78 is 1.19. The predicted octanol–water partition coefficient (Wildman–Crippen LogP) is 7.69. The molecule has 0 amide bonds.